The molecule has 1 heterocycles. The zero-order valence-corrected chi connectivity index (χ0v) is 15.7. The molecule has 2 aromatic rings. The van der Waals surface area contributed by atoms with Crippen LogP contribution in [0, 0.1) is 12.1 Å². The van der Waals surface area contributed by atoms with E-state index in [0.717, 1.165) is 11.1 Å². The van der Waals surface area contributed by atoms with Crippen LogP contribution in [0.15, 0.2) is 54.6 Å². The van der Waals surface area contributed by atoms with Crippen LogP contribution in [-0.2, 0) is 30.5 Å². The number of rotatable bonds is 6. The van der Waals surface area contributed by atoms with Gasteiger partial charge in [-0.15, -0.1) is 0 Å². The van der Waals surface area contributed by atoms with Crippen molar-refractivity contribution in [1.29, 1.82) is 0 Å². The lowest BCUT2D eigenvalue weighted by molar-refractivity contribution is -0.736. The summed E-state index contributed by atoms with van der Waals surface area (Å²) in [6.07, 6.45) is -1.25. The van der Waals surface area contributed by atoms with Crippen molar-refractivity contribution >= 4 is 17.7 Å². The van der Waals surface area contributed by atoms with Gasteiger partial charge in [0.1, 0.15) is 12.5 Å². The Morgan fingerprint density at radius 2 is 1.75 bits per heavy atom. The Kier molecular flexibility index (Phi) is 5.93. The summed E-state index contributed by atoms with van der Waals surface area (Å²) in [6.45, 7) is 3.70. The van der Waals surface area contributed by atoms with Gasteiger partial charge in [0.2, 0.25) is 0 Å². The minimum atomic E-state index is -1.25. The maximum Gasteiger partial charge on any atom is 0.406 e. The second-order valence-corrected chi connectivity index (χ2v) is 6.37. The third kappa shape index (κ3) is 4.14. The standard InChI is InChI=1S/C21H21NO6/c1-3-26-21(24)19-17(16-11-9-14(2)10-12-16)18(22(25)28-19)20(23)27-13-15-7-5-4-6-8-15/h4-12,17,19H,3,13H2,1-2H3/t17-,19-/m0/s1. The second kappa shape index (κ2) is 8.56. The molecule has 0 saturated carbocycles. The molecule has 7 heteroatoms. The number of nitrogens with zero attached hydrogens (tertiary/aromatic N) is 1. The van der Waals surface area contributed by atoms with Crippen LogP contribution in [0.1, 0.15) is 29.5 Å². The summed E-state index contributed by atoms with van der Waals surface area (Å²) in [5.41, 5.74) is 2.09. The van der Waals surface area contributed by atoms with Crippen molar-refractivity contribution in [2.75, 3.05) is 6.61 Å². The Balaban J connectivity index is 1.87. The maximum atomic E-state index is 12.7. The van der Waals surface area contributed by atoms with Crippen LogP contribution in [0.2, 0.25) is 0 Å². The number of carbonyl (C=O) groups excluding carboxylic acids is 2. The van der Waals surface area contributed by atoms with Crippen molar-refractivity contribution in [3.8, 4) is 0 Å². The molecular formula is C21H21NO6. The molecule has 2 aromatic carbocycles. The fourth-order valence-electron chi connectivity index (χ4n) is 2.99. The van der Waals surface area contributed by atoms with Crippen LogP contribution < -0.4 is 0 Å². The maximum absolute atomic E-state index is 12.7. The summed E-state index contributed by atoms with van der Waals surface area (Å²) in [5.74, 6) is -2.46. The SMILES string of the molecule is CCOC(=O)[C@H]1O[N+]([O-])=C(C(=O)OCc2ccccc2)[C@@H]1c1ccc(C)cc1. The van der Waals surface area contributed by atoms with E-state index in [1.165, 1.54) is 0 Å². The van der Waals surface area contributed by atoms with Gasteiger partial charge in [-0.05, 0) is 25.0 Å². The van der Waals surface area contributed by atoms with E-state index in [4.69, 9.17) is 14.3 Å². The van der Waals surface area contributed by atoms with Gasteiger partial charge in [-0.3, -0.25) is 10.0 Å². The Morgan fingerprint density at radius 1 is 1.07 bits per heavy atom. The molecule has 0 aliphatic carbocycles. The molecule has 0 amide bonds. The van der Waals surface area contributed by atoms with E-state index in [1.54, 1.807) is 31.2 Å². The van der Waals surface area contributed by atoms with Crippen molar-refractivity contribution in [3.05, 3.63) is 76.5 Å². The van der Waals surface area contributed by atoms with E-state index in [0.29, 0.717) is 5.56 Å². The first kappa shape index (κ1) is 19.4. The van der Waals surface area contributed by atoms with Crippen molar-refractivity contribution in [2.24, 2.45) is 0 Å². The first-order valence-corrected chi connectivity index (χ1v) is 8.96. The summed E-state index contributed by atoms with van der Waals surface area (Å²) >= 11 is 0. The monoisotopic (exact) mass is 383 g/mol. The van der Waals surface area contributed by atoms with Gasteiger partial charge in [0, 0.05) is 0 Å². The molecule has 28 heavy (non-hydrogen) atoms. The van der Waals surface area contributed by atoms with Crippen LogP contribution >= 0.6 is 0 Å². The lowest BCUT2D eigenvalue weighted by atomic mass is 9.89. The number of carbonyl (C=O) groups is 2. The van der Waals surface area contributed by atoms with Gasteiger partial charge in [-0.2, -0.15) is 0 Å². The van der Waals surface area contributed by atoms with Gasteiger partial charge in [0.15, 0.2) is 6.10 Å². The number of ether oxygens (including phenoxy) is 2. The van der Waals surface area contributed by atoms with Gasteiger partial charge >= 0.3 is 17.7 Å². The molecule has 146 valence electrons. The molecule has 0 spiro atoms. The van der Waals surface area contributed by atoms with Gasteiger partial charge in [0.05, 0.1) is 11.5 Å². The van der Waals surface area contributed by atoms with E-state index in [9.17, 15) is 14.8 Å². The summed E-state index contributed by atoms with van der Waals surface area (Å²) in [6, 6.07) is 16.3. The van der Waals surface area contributed by atoms with Gasteiger partial charge in [0.25, 0.3) is 0 Å². The minimum absolute atomic E-state index is 0.00169. The molecule has 0 aromatic heterocycles. The molecule has 0 fully saturated rings. The topological polar surface area (TPSA) is 87.9 Å². The van der Waals surface area contributed by atoms with Crippen molar-refractivity contribution in [2.45, 2.75) is 32.5 Å². The van der Waals surface area contributed by atoms with Gasteiger partial charge in [-0.25, -0.2) is 4.79 Å². The first-order chi connectivity index (χ1) is 13.5. The zero-order chi connectivity index (χ0) is 20.1. The fraction of sp³-hybridized carbons (Fsp3) is 0.286. The van der Waals surface area contributed by atoms with E-state index >= 15 is 0 Å². The van der Waals surface area contributed by atoms with Crippen LogP contribution in [0.3, 0.4) is 0 Å². The molecule has 0 unspecified atom stereocenters. The second-order valence-electron chi connectivity index (χ2n) is 6.37. The molecule has 1 aliphatic rings. The van der Waals surface area contributed by atoms with Crippen LogP contribution in [0.5, 0.6) is 0 Å². The highest BCUT2D eigenvalue weighted by atomic mass is 16.9. The number of hydrogen-bond acceptors (Lipinski definition) is 6. The molecule has 2 atom stereocenters. The highest BCUT2D eigenvalue weighted by Gasteiger charge is 2.50. The third-order valence-electron chi connectivity index (χ3n) is 4.38. The largest absolute Gasteiger partial charge is 0.465 e. The van der Waals surface area contributed by atoms with Gasteiger partial charge in [-0.1, -0.05) is 60.2 Å². The van der Waals surface area contributed by atoms with E-state index in [2.05, 4.69) is 0 Å². The summed E-state index contributed by atoms with van der Waals surface area (Å²) in [4.78, 5) is 30.2. The van der Waals surface area contributed by atoms with E-state index in [-0.39, 0.29) is 23.8 Å². The predicted octanol–water partition coefficient (Wildman–Crippen LogP) is 2.65. The average Bonchev–Trinajstić information content (AvgIpc) is 3.05. The molecule has 7 nitrogen and oxygen atoms in total. The normalized spacial score (nSPS) is 18.5. The predicted molar refractivity (Wildman–Crippen MR) is 100 cm³/mol. The molecule has 0 saturated heterocycles. The highest BCUT2D eigenvalue weighted by molar-refractivity contribution is 6.37. The summed E-state index contributed by atoms with van der Waals surface area (Å²) < 4.78 is 10.3. The molecular weight excluding hydrogens is 362 g/mol. The lowest BCUT2D eigenvalue weighted by Crippen LogP contribution is -2.34. The summed E-state index contributed by atoms with van der Waals surface area (Å²) in [7, 11) is 0. The Bertz CT molecular complexity index is 876. The van der Waals surface area contributed by atoms with E-state index in [1.807, 2.05) is 37.3 Å². The van der Waals surface area contributed by atoms with Crippen LogP contribution in [0.25, 0.3) is 0 Å². The Hall–Kier alpha value is -3.35. The molecule has 0 N–H and O–H groups in total. The Labute approximate surface area is 162 Å². The quantitative estimate of drug-likeness (QED) is 0.563. The summed E-state index contributed by atoms with van der Waals surface area (Å²) in [5, 5.41) is 12.3. The number of hydrogen-bond donors (Lipinski definition) is 0. The van der Waals surface area contributed by atoms with E-state index < -0.39 is 24.0 Å². The number of aryl methyl sites for hydroxylation is 1. The highest BCUT2D eigenvalue weighted by Crippen LogP contribution is 2.31. The molecule has 0 radical (unpaired) electrons. The third-order valence-corrected chi connectivity index (χ3v) is 4.38. The smallest absolute Gasteiger partial charge is 0.406 e. The fourth-order valence-corrected chi connectivity index (χ4v) is 2.99. The van der Waals surface area contributed by atoms with Gasteiger partial charge < -0.3 is 14.3 Å². The zero-order valence-electron chi connectivity index (χ0n) is 15.7. The number of esters is 2. The average molecular weight is 383 g/mol. The molecule has 3 rings (SSSR count). The van der Waals surface area contributed by atoms with Crippen molar-refractivity contribution in [3.63, 3.8) is 0 Å². The van der Waals surface area contributed by atoms with Crippen LogP contribution in [-0.4, -0.2) is 35.3 Å². The lowest BCUT2D eigenvalue weighted by Gasteiger charge is -2.17. The number of benzene rings is 2. The minimum Gasteiger partial charge on any atom is -0.465 e. The van der Waals surface area contributed by atoms with Crippen molar-refractivity contribution in [1.82, 2.24) is 0 Å². The first-order valence-electron chi connectivity index (χ1n) is 8.96. The Morgan fingerprint density at radius 3 is 2.39 bits per heavy atom. The van der Waals surface area contributed by atoms with Crippen LogP contribution in [0.4, 0.5) is 0 Å². The molecule has 0 bridgehead atoms. The molecule has 1 aliphatic heterocycles. The van der Waals surface area contributed by atoms with Crippen molar-refractivity contribution < 1.29 is 28.8 Å².